The van der Waals surface area contributed by atoms with E-state index in [4.69, 9.17) is 21.4 Å². The Hall–Kier alpha value is -5.74. The van der Waals surface area contributed by atoms with E-state index in [0.717, 1.165) is 65.4 Å². The number of halogens is 2. The van der Waals surface area contributed by atoms with Crippen LogP contribution in [-0.2, 0) is 21.2 Å². The largest absolute Gasteiger partial charge is 0.496 e. The van der Waals surface area contributed by atoms with Crippen molar-refractivity contribution in [1.82, 2.24) is 19.9 Å². The average molecular weight is 905 g/mol. The van der Waals surface area contributed by atoms with Crippen LogP contribution in [0.3, 0.4) is 0 Å². The summed E-state index contributed by atoms with van der Waals surface area (Å²) in [6, 6.07) is 24.6. The number of amides is 3. The van der Waals surface area contributed by atoms with Crippen molar-refractivity contribution in [3.63, 3.8) is 0 Å². The van der Waals surface area contributed by atoms with Crippen LogP contribution in [0.25, 0.3) is 28.1 Å². The Bertz CT molecular complexity index is 2490. The number of carbonyl (C=O) groups excluding carboxylic acids is 2. The molecule has 1 saturated carbocycles. The summed E-state index contributed by atoms with van der Waals surface area (Å²) in [6.07, 6.45) is 6.16. The molecule has 0 saturated heterocycles. The van der Waals surface area contributed by atoms with Crippen molar-refractivity contribution in [3.05, 3.63) is 125 Å². The predicted molar refractivity (Wildman–Crippen MR) is 242 cm³/mol. The molecule has 1 aromatic heterocycles. The Morgan fingerprint density at radius 2 is 1.63 bits per heavy atom. The number of carboxylic acid groups (broad SMARTS) is 1. The van der Waals surface area contributed by atoms with Gasteiger partial charge in [-0.15, -0.1) is 0 Å². The molecule has 3 amide bonds. The Morgan fingerprint density at radius 3 is 2.29 bits per heavy atom. The Morgan fingerprint density at radius 1 is 0.952 bits per heavy atom. The van der Waals surface area contributed by atoms with Crippen LogP contribution in [0.1, 0.15) is 86.5 Å². The van der Waals surface area contributed by atoms with Crippen molar-refractivity contribution in [1.29, 1.82) is 0 Å². The summed E-state index contributed by atoms with van der Waals surface area (Å²) in [5, 5.41) is 35.8. The Balaban J connectivity index is 0.000000239. The molecule has 6 rings (SSSR count). The standard InChI is InChI=1S/C24H26FNO4.C23H28ClN3O5S/c1-15(2)26-21-6-4-3-5-20(21)24(16-7-9-17(25)10-8-16)22(26)12-11-18(27)13-19(28)14-23(29)30;1-32-21-12-9-17(24)15-20(21)22(28)25-14-13-16-7-10-19(11-8-16)33(30,31)27-23(29)26-18-5-3-2-4-6-18/h3-12,15,18-19,27-28H,13-14H2,1-2H3,(H,29,30);7-12,15,18H,2-6,13-14H2,1H3,(H,25,28)(H2,26,27,29)/b12-11+;/t18-,19-;/m1./s1. The minimum absolute atomic E-state index is 0.00209. The van der Waals surface area contributed by atoms with Gasteiger partial charge in [-0.1, -0.05) is 79.4 Å². The number of hydrogen-bond donors (Lipinski definition) is 6. The molecule has 13 nitrogen and oxygen atoms in total. The van der Waals surface area contributed by atoms with Crippen LogP contribution in [0.5, 0.6) is 5.75 Å². The lowest BCUT2D eigenvalue weighted by Crippen LogP contribution is -2.45. The number of aliphatic hydroxyl groups is 2. The average Bonchev–Trinajstić information content (AvgIpc) is 3.58. The first kappa shape index (κ1) is 48.3. The molecule has 1 aliphatic rings. The first-order valence-corrected chi connectivity index (χ1v) is 22.6. The summed E-state index contributed by atoms with van der Waals surface area (Å²) >= 11 is 5.96. The number of ether oxygens (including phenoxy) is 1. The molecule has 16 heteroatoms. The third-order valence-electron chi connectivity index (χ3n) is 10.5. The van der Waals surface area contributed by atoms with E-state index in [1.807, 2.05) is 24.3 Å². The van der Waals surface area contributed by atoms with Gasteiger partial charge in [0.15, 0.2) is 0 Å². The number of urea groups is 1. The number of aliphatic carboxylic acids is 1. The number of benzene rings is 4. The Kier molecular flexibility index (Phi) is 17.3. The van der Waals surface area contributed by atoms with E-state index < -0.39 is 40.7 Å². The molecular weight excluding hydrogens is 851 g/mol. The lowest BCUT2D eigenvalue weighted by atomic mass is 9.96. The first-order chi connectivity index (χ1) is 30.1. The number of rotatable bonds is 16. The van der Waals surface area contributed by atoms with Gasteiger partial charge in [-0.2, -0.15) is 0 Å². The summed E-state index contributed by atoms with van der Waals surface area (Å²) in [5.74, 6) is -1.32. The summed E-state index contributed by atoms with van der Waals surface area (Å²) in [4.78, 5) is 35.2. The van der Waals surface area contributed by atoms with E-state index in [2.05, 4.69) is 33.8 Å². The second kappa shape index (κ2) is 22.6. The molecule has 0 aliphatic heterocycles. The molecule has 2 atom stereocenters. The predicted octanol–water partition coefficient (Wildman–Crippen LogP) is 8.27. The highest BCUT2D eigenvalue weighted by atomic mass is 35.5. The maximum Gasteiger partial charge on any atom is 0.328 e. The van der Waals surface area contributed by atoms with Gasteiger partial charge in [0.1, 0.15) is 11.6 Å². The summed E-state index contributed by atoms with van der Waals surface area (Å²) in [7, 11) is -2.49. The Labute approximate surface area is 372 Å². The van der Waals surface area contributed by atoms with Crippen molar-refractivity contribution in [3.8, 4) is 16.9 Å². The fourth-order valence-corrected chi connectivity index (χ4v) is 8.61. The molecule has 1 fully saturated rings. The first-order valence-electron chi connectivity index (χ1n) is 20.7. The fraction of sp³-hybridized carbons (Fsp3) is 0.340. The molecule has 5 aromatic rings. The lowest BCUT2D eigenvalue weighted by molar-refractivity contribution is -0.139. The number of carboxylic acids is 1. The van der Waals surface area contributed by atoms with Gasteiger partial charge < -0.3 is 35.3 Å². The second-order valence-electron chi connectivity index (χ2n) is 15.6. The SMILES string of the molecule is CC(C)n1c(/C=C/[C@@H](O)C[C@@H](O)CC(=O)O)c(-c2ccc(F)cc2)c2ccccc21.COc1ccc(Cl)cc1C(=O)NCCc1ccc(S(=O)(=O)NC(=O)NC2CCCCC2)cc1. The molecule has 4 aromatic carbocycles. The van der Waals surface area contributed by atoms with E-state index in [0.29, 0.717) is 29.3 Å². The highest BCUT2D eigenvalue weighted by Gasteiger charge is 2.22. The number of aromatic nitrogens is 1. The summed E-state index contributed by atoms with van der Waals surface area (Å²) in [6.45, 7) is 4.46. The third kappa shape index (κ3) is 13.6. The lowest BCUT2D eigenvalue weighted by Gasteiger charge is -2.22. The van der Waals surface area contributed by atoms with Crippen LogP contribution in [0.4, 0.5) is 9.18 Å². The van der Waals surface area contributed by atoms with Crippen molar-refractivity contribution < 1.29 is 47.2 Å². The quantitative estimate of drug-likeness (QED) is 0.0565. The number of aliphatic hydroxyl groups excluding tert-OH is 2. The number of carbonyl (C=O) groups is 3. The zero-order valence-corrected chi connectivity index (χ0v) is 37.0. The van der Waals surface area contributed by atoms with Gasteiger partial charge in [0.05, 0.1) is 36.2 Å². The number of para-hydroxylation sites is 1. The normalized spacial score (nSPS) is 14.2. The van der Waals surface area contributed by atoms with E-state index in [1.165, 1.54) is 37.4 Å². The van der Waals surface area contributed by atoms with E-state index in [-0.39, 0.29) is 35.1 Å². The van der Waals surface area contributed by atoms with Gasteiger partial charge in [-0.05, 0) is 98.8 Å². The highest BCUT2D eigenvalue weighted by Crippen LogP contribution is 2.38. The zero-order valence-electron chi connectivity index (χ0n) is 35.4. The maximum absolute atomic E-state index is 13.5. The maximum atomic E-state index is 13.5. The van der Waals surface area contributed by atoms with Crippen LogP contribution in [0.2, 0.25) is 5.02 Å². The van der Waals surface area contributed by atoms with Gasteiger partial charge in [-0.25, -0.2) is 22.3 Å². The third-order valence-corrected chi connectivity index (χ3v) is 12.1. The minimum Gasteiger partial charge on any atom is -0.496 e. The van der Waals surface area contributed by atoms with Crippen LogP contribution in [0, 0.1) is 5.82 Å². The number of fused-ring (bicyclic) bond motifs is 1. The van der Waals surface area contributed by atoms with Crippen LogP contribution in [0.15, 0.2) is 102 Å². The van der Waals surface area contributed by atoms with Gasteiger partial charge in [0, 0.05) is 52.2 Å². The molecule has 63 heavy (non-hydrogen) atoms. The van der Waals surface area contributed by atoms with Crippen molar-refractivity contribution >= 4 is 56.5 Å². The van der Waals surface area contributed by atoms with Crippen molar-refractivity contribution in [2.45, 2.75) is 94.4 Å². The fourth-order valence-electron chi connectivity index (χ4n) is 7.52. The van der Waals surface area contributed by atoms with Gasteiger partial charge >= 0.3 is 12.0 Å². The van der Waals surface area contributed by atoms with E-state index >= 15 is 0 Å². The molecule has 1 heterocycles. The molecule has 1 aliphatic carbocycles. The number of sulfonamides is 1. The van der Waals surface area contributed by atoms with E-state index in [9.17, 15) is 37.4 Å². The molecule has 0 unspecified atom stereocenters. The molecule has 0 bridgehead atoms. The molecule has 336 valence electrons. The van der Waals surface area contributed by atoms with Crippen LogP contribution < -0.4 is 20.1 Å². The van der Waals surface area contributed by atoms with Crippen molar-refractivity contribution in [2.75, 3.05) is 13.7 Å². The monoisotopic (exact) mass is 904 g/mol. The van der Waals surface area contributed by atoms with Crippen LogP contribution >= 0.6 is 11.6 Å². The molecular formula is C47H54ClFN4O9S. The molecule has 6 N–H and O–H groups in total. The highest BCUT2D eigenvalue weighted by molar-refractivity contribution is 7.90. The summed E-state index contributed by atoms with van der Waals surface area (Å²) in [5.41, 5.74) is 4.82. The number of nitrogens with zero attached hydrogens (tertiary/aromatic N) is 1. The zero-order chi connectivity index (χ0) is 45.7. The molecule has 0 radical (unpaired) electrons. The second-order valence-corrected chi connectivity index (χ2v) is 17.7. The summed E-state index contributed by atoms with van der Waals surface area (Å²) < 4.78 is 47.9. The van der Waals surface area contributed by atoms with E-state index in [1.54, 1.807) is 48.6 Å². The number of methoxy groups -OCH3 is 1. The number of nitrogens with one attached hydrogen (secondary N) is 3. The minimum atomic E-state index is -3.97. The smallest absolute Gasteiger partial charge is 0.328 e. The van der Waals surface area contributed by atoms with Gasteiger partial charge in [0.2, 0.25) is 0 Å². The van der Waals surface area contributed by atoms with Crippen molar-refractivity contribution in [2.24, 2.45) is 0 Å². The molecule has 0 spiro atoms. The van der Waals surface area contributed by atoms with Gasteiger partial charge in [-0.3, -0.25) is 9.59 Å². The topological polar surface area (TPSA) is 196 Å². The van der Waals surface area contributed by atoms with Crippen LogP contribution in [-0.4, -0.2) is 78.1 Å². The van der Waals surface area contributed by atoms with Gasteiger partial charge in [0.25, 0.3) is 15.9 Å². The number of hydrogen-bond acceptors (Lipinski definition) is 8.